The van der Waals surface area contributed by atoms with Crippen LogP contribution in [0.1, 0.15) is 18.9 Å². The molecule has 1 unspecified atom stereocenters. The highest BCUT2D eigenvalue weighted by atomic mass is 16.2. The molecule has 1 aromatic rings. The first kappa shape index (κ1) is 8.30. The van der Waals surface area contributed by atoms with E-state index >= 15 is 0 Å². The van der Waals surface area contributed by atoms with Crippen LogP contribution < -0.4 is 4.90 Å². The Balaban J connectivity index is 2.35. The Hall–Kier alpha value is -1.31. The van der Waals surface area contributed by atoms with Gasteiger partial charge in [0, 0.05) is 18.2 Å². The Labute approximate surface area is 78.2 Å². The maximum atomic E-state index is 11.3. The molecule has 0 bridgehead atoms. The van der Waals surface area contributed by atoms with Crippen LogP contribution in [-0.2, 0) is 4.79 Å². The zero-order valence-electron chi connectivity index (χ0n) is 7.95. The lowest BCUT2D eigenvalue weighted by Crippen LogP contribution is -2.51. The van der Waals surface area contributed by atoms with Crippen molar-refractivity contribution in [2.45, 2.75) is 26.3 Å². The summed E-state index contributed by atoms with van der Waals surface area (Å²) in [4.78, 5) is 13.2. The van der Waals surface area contributed by atoms with Crippen LogP contribution in [0.5, 0.6) is 0 Å². The minimum absolute atomic E-state index is 0.238. The standard InChI is InChI=1S/C11H13NO/c1-8-5-3-4-6-10(8)12-9(2)7-11(12)13/h3-6,9H,7H2,1-2H3. The second-order valence-electron chi connectivity index (χ2n) is 3.60. The molecule has 0 aromatic heterocycles. The van der Waals surface area contributed by atoms with Crippen LogP contribution in [0.4, 0.5) is 5.69 Å². The first-order valence-corrected chi connectivity index (χ1v) is 4.58. The van der Waals surface area contributed by atoms with Crippen LogP contribution in [0.25, 0.3) is 0 Å². The molecule has 0 radical (unpaired) electrons. The highest BCUT2D eigenvalue weighted by Gasteiger charge is 2.33. The molecule has 13 heavy (non-hydrogen) atoms. The van der Waals surface area contributed by atoms with Crippen molar-refractivity contribution in [1.29, 1.82) is 0 Å². The normalized spacial score (nSPS) is 21.5. The molecule has 0 N–H and O–H groups in total. The lowest BCUT2D eigenvalue weighted by atomic mass is 10.0. The zero-order chi connectivity index (χ0) is 9.42. The van der Waals surface area contributed by atoms with E-state index in [-0.39, 0.29) is 5.91 Å². The quantitative estimate of drug-likeness (QED) is 0.599. The maximum absolute atomic E-state index is 11.3. The molecule has 2 rings (SSSR count). The van der Waals surface area contributed by atoms with Crippen LogP contribution in [0.15, 0.2) is 24.3 Å². The van der Waals surface area contributed by atoms with E-state index in [2.05, 4.69) is 6.92 Å². The van der Waals surface area contributed by atoms with Crippen molar-refractivity contribution in [3.05, 3.63) is 29.8 Å². The molecule has 1 aliphatic heterocycles. The van der Waals surface area contributed by atoms with E-state index in [0.717, 1.165) is 5.69 Å². The van der Waals surface area contributed by atoms with Crippen LogP contribution in [0.3, 0.4) is 0 Å². The third-order valence-corrected chi connectivity index (χ3v) is 2.55. The molecule has 1 atom stereocenters. The molecule has 0 spiro atoms. The van der Waals surface area contributed by atoms with E-state index in [1.54, 1.807) is 0 Å². The number of β-lactam (4-membered cyclic amide) rings is 1. The van der Waals surface area contributed by atoms with Crippen molar-refractivity contribution in [2.24, 2.45) is 0 Å². The van der Waals surface area contributed by atoms with Crippen LogP contribution in [-0.4, -0.2) is 11.9 Å². The van der Waals surface area contributed by atoms with E-state index in [9.17, 15) is 4.79 Å². The highest BCUT2D eigenvalue weighted by Crippen LogP contribution is 2.29. The van der Waals surface area contributed by atoms with Gasteiger partial charge in [0.2, 0.25) is 5.91 Å². The Bertz CT molecular complexity index is 346. The summed E-state index contributed by atoms with van der Waals surface area (Å²) >= 11 is 0. The van der Waals surface area contributed by atoms with Gasteiger partial charge in [0.15, 0.2) is 0 Å². The van der Waals surface area contributed by atoms with Gasteiger partial charge in [0.05, 0.1) is 0 Å². The minimum Gasteiger partial charge on any atom is -0.309 e. The van der Waals surface area contributed by atoms with E-state index in [0.29, 0.717) is 12.5 Å². The molecule has 1 fully saturated rings. The second kappa shape index (κ2) is 2.87. The van der Waals surface area contributed by atoms with Gasteiger partial charge in [-0.1, -0.05) is 18.2 Å². The first-order valence-electron chi connectivity index (χ1n) is 4.58. The molecule has 68 valence electrons. The minimum atomic E-state index is 0.238. The van der Waals surface area contributed by atoms with Crippen molar-refractivity contribution < 1.29 is 4.79 Å². The summed E-state index contributed by atoms with van der Waals surface area (Å²) in [6, 6.07) is 8.37. The lowest BCUT2D eigenvalue weighted by molar-refractivity contribution is -0.123. The van der Waals surface area contributed by atoms with Gasteiger partial charge in [-0.05, 0) is 25.5 Å². The van der Waals surface area contributed by atoms with Gasteiger partial charge < -0.3 is 4.90 Å². The first-order chi connectivity index (χ1) is 6.20. The number of carbonyl (C=O) groups excluding carboxylic acids is 1. The molecular formula is C11H13NO. The zero-order valence-corrected chi connectivity index (χ0v) is 7.95. The number of carbonyl (C=O) groups is 1. The van der Waals surface area contributed by atoms with E-state index in [4.69, 9.17) is 0 Å². The summed E-state index contributed by atoms with van der Waals surface area (Å²) < 4.78 is 0. The Morgan fingerprint density at radius 1 is 1.38 bits per heavy atom. The number of hydrogen-bond acceptors (Lipinski definition) is 1. The predicted molar refractivity (Wildman–Crippen MR) is 52.7 cm³/mol. The number of anilines is 1. The smallest absolute Gasteiger partial charge is 0.229 e. The SMILES string of the molecule is Cc1ccccc1N1C(=O)CC1C. The fourth-order valence-corrected chi connectivity index (χ4v) is 1.78. The van der Waals surface area contributed by atoms with Gasteiger partial charge in [-0.15, -0.1) is 0 Å². The summed E-state index contributed by atoms with van der Waals surface area (Å²) in [5, 5.41) is 0. The molecule has 2 nitrogen and oxygen atoms in total. The van der Waals surface area contributed by atoms with Gasteiger partial charge in [0.25, 0.3) is 0 Å². The number of amides is 1. The number of rotatable bonds is 1. The van der Waals surface area contributed by atoms with Gasteiger partial charge in [-0.25, -0.2) is 0 Å². The van der Waals surface area contributed by atoms with Crippen LogP contribution in [0, 0.1) is 6.92 Å². The number of nitrogens with zero attached hydrogens (tertiary/aromatic N) is 1. The van der Waals surface area contributed by atoms with Crippen molar-refractivity contribution in [3.8, 4) is 0 Å². The third-order valence-electron chi connectivity index (χ3n) is 2.55. The van der Waals surface area contributed by atoms with E-state index in [1.165, 1.54) is 5.56 Å². The van der Waals surface area contributed by atoms with Gasteiger partial charge in [-0.2, -0.15) is 0 Å². The number of benzene rings is 1. The summed E-state index contributed by atoms with van der Waals surface area (Å²) in [7, 11) is 0. The van der Waals surface area contributed by atoms with Gasteiger partial charge in [0.1, 0.15) is 0 Å². The maximum Gasteiger partial charge on any atom is 0.229 e. The fraction of sp³-hybridized carbons (Fsp3) is 0.364. The van der Waals surface area contributed by atoms with Crippen molar-refractivity contribution in [2.75, 3.05) is 4.90 Å². The third kappa shape index (κ3) is 1.22. The Morgan fingerprint density at radius 3 is 2.62 bits per heavy atom. The van der Waals surface area contributed by atoms with Gasteiger partial charge in [-0.3, -0.25) is 4.79 Å². The predicted octanol–water partition coefficient (Wildman–Crippen LogP) is 2.12. The molecule has 0 saturated carbocycles. The monoisotopic (exact) mass is 175 g/mol. The van der Waals surface area contributed by atoms with Crippen LogP contribution >= 0.6 is 0 Å². The molecule has 1 saturated heterocycles. The largest absolute Gasteiger partial charge is 0.309 e. The summed E-state index contributed by atoms with van der Waals surface area (Å²) in [5.74, 6) is 0.238. The van der Waals surface area contributed by atoms with Crippen molar-refractivity contribution in [1.82, 2.24) is 0 Å². The summed E-state index contributed by atoms with van der Waals surface area (Å²) in [6.07, 6.45) is 0.689. The Morgan fingerprint density at radius 2 is 2.08 bits per heavy atom. The molecule has 0 aliphatic carbocycles. The Kier molecular flexibility index (Phi) is 1.83. The molecule has 1 aliphatic rings. The fourth-order valence-electron chi connectivity index (χ4n) is 1.78. The average Bonchev–Trinajstić information content (AvgIpc) is 2.09. The second-order valence-corrected chi connectivity index (χ2v) is 3.60. The number of aryl methyl sites for hydroxylation is 1. The molecular weight excluding hydrogens is 162 g/mol. The summed E-state index contributed by atoms with van der Waals surface area (Å²) in [6.45, 7) is 4.11. The van der Waals surface area contributed by atoms with Crippen molar-refractivity contribution in [3.63, 3.8) is 0 Å². The number of para-hydroxylation sites is 1. The van der Waals surface area contributed by atoms with Crippen LogP contribution in [0.2, 0.25) is 0 Å². The summed E-state index contributed by atoms with van der Waals surface area (Å²) in [5.41, 5.74) is 2.23. The molecule has 1 heterocycles. The molecule has 2 heteroatoms. The van der Waals surface area contributed by atoms with E-state index in [1.807, 2.05) is 36.1 Å². The topological polar surface area (TPSA) is 20.3 Å². The molecule has 1 amide bonds. The van der Waals surface area contributed by atoms with Crippen molar-refractivity contribution >= 4 is 11.6 Å². The number of hydrogen-bond donors (Lipinski definition) is 0. The van der Waals surface area contributed by atoms with E-state index < -0.39 is 0 Å². The average molecular weight is 175 g/mol. The van der Waals surface area contributed by atoms with Gasteiger partial charge >= 0.3 is 0 Å². The lowest BCUT2D eigenvalue weighted by Gasteiger charge is -2.39. The highest BCUT2D eigenvalue weighted by molar-refractivity contribution is 6.01. The molecule has 1 aromatic carbocycles.